The van der Waals surface area contributed by atoms with E-state index in [1.165, 1.54) is 11.8 Å². The third-order valence-corrected chi connectivity index (χ3v) is 6.20. The van der Waals surface area contributed by atoms with Crippen LogP contribution in [-0.4, -0.2) is 61.8 Å². The molecule has 156 valence electrons. The summed E-state index contributed by atoms with van der Waals surface area (Å²) < 4.78 is 5.23. The molecular weight excluding hydrogens is 398 g/mol. The molecule has 2 fully saturated rings. The highest BCUT2D eigenvalue weighted by Crippen LogP contribution is 2.24. The van der Waals surface area contributed by atoms with Crippen LogP contribution < -0.4 is 15.4 Å². The van der Waals surface area contributed by atoms with Crippen LogP contribution >= 0.6 is 24.2 Å². The molecule has 2 N–H and O–H groups in total. The van der Waals surface area contributed by atoms with Gasteiger partial charge in [0.1, 0.15) is 5.75 Å². The molecule has 2 unspecified atom stereocenters. The molecule has 0 spiro atoms. The van der Waals surface area contributed by atoms with Crippen molar-refractivity contribution < 1.29 is 14.3 Å². The molecule has 6 nitrogen and oxygen atoms in total. The summed E-state index contributed by atoms with van der Waals surface area (Å²) in [4.78, 5) is 27.7. The molecule has 8 heteroatoms. The number of nitrogens with one attached hydrogen (secondary N) is 2. The van der Waals surface area contributed by atoms with Crippen molar-refractivity contribution in [2.45, 2.75) is 36.6 Å². The van der Waals surface area contributed by atoms with Crippen LogP contribution in [0.5, 0.6) is 5.75 Å². The van der Waals surface area contributed by atoms with E-state index in [1.807, 2.05) is 29.2 Å². The van der Waals surface area contributed by atoms with Gasteiger partial charge in [-0.2, -0.15) is 0 Å². The standard InChI is InChI=1S/C20H29N3O3S.ClH/c1-26-16-6-2-7-17(11-16)27-14-19(24)23-10-4-5-15(13-23)12-22-20(25)18-8-3-9-21-18;/h2,6-7,11,15,18,21H,3-5,8-10,12-14H2,1H3,(H,22,25);1H. The van der Waals surface area contributed by atoms with Gasteiger partial charge in [0.2, 0.25) is 11.8 Å². The Hall–Kier alpha value is -1.44. The van der Waals surface area contributed by atoms with Gasteiger partial charge in [0.15, 0.2) is 0 Å². The van der Waals surface area contributed by atoms with Crippen LogP contribution in [-0.2, 0) is 9.59 Å². The Morgan fingerprint density at radius 3 is 2.93 bits per heavy atom. The van der Waals surface area contributed by atoms with Crippen molar-refractivity contribution >= 4 is 36.0 Å². The number of rotatable bonds is 7. The zero-order valence-electron chi connectivity index (χ0n) is 16.3. The Bertz CT molecular complexity index is 655. The fraction of sp³-hybridized carbons (Fsp3) is 0.600. The number of halogens is 1. The molecule has 1 aromatic carbocycles. The van der Waals surface area contributed by atoms with Gasteiger partial charge in [0.05, 0.1) is 18.9 Å². The molecule has 0 saturated carbocycles. The molecular formula is C20H30ClN3O3S. The summed E-state index contributed by atoms with van der Waals surface area (Å²) in [5.41, 5.74) is 0. The molecule has 2 aliphatic rings. The second-order valence-electron chi connectivity index (χ2n) is 7.21. The van der Waals surface area contributed by atoms with Crippen molar-refractivity contribution in [1.82, 2.24) is 15.5 Å². The third kappa shape index (κ3) is 6.57. The predicted octanol–water partition coefficient (Wildman–Crippen LogP) is 2.32. The number of carbonyl (C=O) groups is 2. The monoisotopic (exact) mass is 427 g/mol. The zero-order chi connectivity index (χ0) is 19.1. The molecule has 2 saturated heterocycles. The van der Waals surface area contributed by atoms with E-state index in [2.05, 4.69) is 10.6 Å². The van der Waals surface area contributed by atoms with Crippen molar-refractivity contribution in [1.29, 1.82) is 0 Å². The molecule has 2 heterocycles. The lowest BCUT2D eigenvalue weighted by Crippen LogP contribution is -2.47. The van der Waals surface area contributed by atoms with Crippen LogP contribution in [0.3, 0.4) is 0 Å². The number of thioether (sulfide) groups is 1. The Labute approximate surface area is 177 Å². The Morgan fingerprint density at radius 2 is 2.18 bits per heavy atom. The first-order valence-corrected chi connectivity index (χ1v) is 10.7. The van der Waals surface area contributed by atoms with Crippen LogP contribution in [0.4, 0.5) is 0 Å². The van der Waals surface area contributed by atoms with E-state index in [0.29, 0.717) is 18.2 Å². The van der Waals surface area contributed by atoms with Crippen LogP contribution in [0.15, 0.2) is 29.2 Å². The number of methoxy groups -OCH3 is 1. The lowest BCUT2D eigenvalue weighted by atomic mass is 9.98. The maximum Gasteiger partial charge on any atom is 0.237 e. The van der Waals surface area contributed by atoms with E-state index >= 15 is 0 Å². The van der Waals surface area contributed by atoms with Gasteiger partial charge < -0.3 is 20.3 Å². The number of benzene rings is 1. The summed E-state index contributed by atoms with van der Waals surface area (Å²) >= 11 is 1.54. The van der Waals surface area contributed by atoms with Gasteiger partial charge in [0, 0.05) is 24.5 Å². The summed E-state index contributed by atoms with van der Waals surface area (Å²) in [6.45, 7) is 3.13. The Kier molecular flexibility index (Phi) is 9.41. The summed E-state index contributed by atoms with van der Waals surface area (Å²) in [5.74, 6) is 1.84. The van der Waals surface area contributed by atoms with E-state index in [9.17, 15) is 9.59 Å². The molecule has 2 amide bonds. The lowest BCUT2D eigenvalue weighted by molar-refractivity contribution is -0.130. The highest BCUT2D eigenvalue weighted by atomic mass is 35.5. The second-order valence-corrected chi connectivity index (χ2v) is 8.26. The first kappa shape index (κ1) is 22.8. The van der Waals surface area contributed by atoms with Crippen molar-refractivity contribution in [3.8, 4) is 5.75 Å². The molecule has 0 radical (unpaired) electrons. The highest BCUT2D eigenvalue weighted by molar-refractivity contribution is 8.00. The molecule has 1 aromatic rings. The SMILES string of the molecule is COc1cccc(SCC(=O)N2CCCC(CNC(=O)C3CCCN3)C2)c1.Cl. The largest absolute Gasteiger partial charge is 0.497 e. The minimum Gasteiger partial charge on any atom is -0.497 e. The average molecular weight is 428 g/mol. The van der Waals surface area contributed by atoms with Gasteiger partial charge in [-0.05, 0) is 56.3 Å². The van der Waals surface area contributed by atoms with Crippen molar-refractivity contribution in [2.24, 2.45) is 5.92 Å². The first-order valence-electron chi connectivity index (χ1n) is 9.71. The number of ether oxygens (including phenoxy) is 1. The number of amides is 2. The summed E-state index contributed by atoms with van der Waals surface area (Å²) in [7, 11) is 1.64. The van der Waals surface area contributed by atoms with Gasteiger partial charge in [0.25, 0.3) is 0 Å². The quantitative estimate of drug-likeness (QED) is 0.653. The number of likely N-dealkylation sites (tertiary alicyclic amines) is 1. The van der Waals surface area contributed by atoms with Crippen molar-refractivity contribution in [2.75, 3.05) is 39.0 Å². The predicted molar refractivity (Wildman–Crippen MR) is 114 cm³/mol. The molecule has 3 rings (SSSR count). The minimum atomic E-state index is -0.0365. The van der Waals surface area contributed by atoms with Crippen LogP contribution in [0, 0.1) is 5.92 Å². The molecule has 2 aliphatic heterocycles. The van der Waals surface area contributed by atoms with Crippen molar-refractivity contribution in [3.63, 3.8) is 0 Å². The van der Waals surface area contributed by atoms with Gasteiger partial charge in [-0.25, -0.2) is 0 Å². The lowest BCUT2D eigenvalue weighted by Gasteiger charge is -2.33. The van der Waals surface area contributed by atoms with Crippen LogP contribution in [0.2, 0.25) is 0 Å². The molecule has 0 aromatic heterocycles. The number of nitrogens with zero attached hydrogens (tertiary/aromatic N) is 1. The van der Waals surface area contributed by atoms with Gasteiger partial charge in [-0.15, -0.1) is 24.2 Å². The number of carbonyl (C=O) groups excluding carboxylic acids is 2. The fourth-order valence-corrected chi connectivity index (χ4v) is 4.51. The van der Waals surface area contributed by atoms with Crippen LogP contribution in [0.1, 0.15) is 25.7 Å². The van der Waals surface area contributed by atoms with Gasteiger partial charge in [-0.1, -0.05) is 6.07 Å². The summed E-state index contributed by atoms with van der Waals surface area (Å²) in [6, 6.07) is 7.74. The van der Waals surface area contributed by atoms with Gasteiger partial charge >= 0.3 is 0 Å². The zero-order valence-corrected chi connectivity index (χ0v) is 17.9. The highest BCUT2D eigenvalue weighted by Gasteiger charge is 2.26. The Balaban J connectivity index is 0.00000280. The topological polar surface area (TPSA) is 70.7 Å². The third-order valence-electron chi connectivity index (χ3n) is 5.22. The minimum absolute atomic E-state index is 0. The number of piperidine rings is 1. The van der Waals surface area contributed by atoms with E-state index in [-0.39, 0.29) is 30.3 Å². The van der Waals surface area contributed by atoms with Gasteiger partial charge in [-0.3, -0.25) is 9.59 Å². The second kappa shape index (κ2) is 11.5. The van der Waals surface area contributed by atoms with E-state index in [4.69, 9.17) is 4.74 Å². The smallest absolute Gasteiger partial charge is 0.237 e. The molecule has 28 heavy (non-hydrogen) atoms. The maximum absolute atomic E-state index is 12.6. The number of hydrogen-bond donors (Lipinski definition) is 2. The van der Waals surface area contributed by atoms with Crippen molar-refractivity contribution in [3.05, 3.63) is 24.3 Å². The molecule has 2 atom stereocenters. The first-order chi connectivity index (χ1) is 13.2. The van der Waals surface area contributed by atoms with E-state index < -0.39 is 0 Å². The maximum atomic E-state index is 12.6. The summed E-state index contributed by atoms with van der Waals surface area (Å²) in [6.07, 6.45) is 4.04. The Morgan fingerprint density at radius 1 is 1.32 bits per heavy atom. The normalized spacial score (nSPS) is 21.7. The molecule has 0 aliphatic carbocycles. The average Bonchev–Trinajstić information content (AvgIpc) is 3.25. The molecule has 0 bridgehead atoms. The fourth-order valence-electron chi connectivity index (χ4n) is 3.66. The summed E-state index contributed by atoms with van der Waals surface area (Å²) in [5, 5.41) is 6.29. The van der Waals surface area contributed by atoms with Crippen LogP contribution in [0.25, 0.3) is 0 Å². The number of hydrogen-bond acceptors (Lipinski definition) is 5. The van der Waals surface area contributed by atoms with E-state index in [0.717, 1.165) is 56.0 Å². The van der Waals surface area contributed by atoms with E-state index in [1.54, 1.807) is 7.11 Å².